The lowest BCUT2D eigenvalue weighted by atomic mass is 10.1. The number of rotatable bonds is 4. The van der Waals surface area contributed by atoms with Crippen LogP contribution in [-0.4, -0.2) is 18.3 Å². The Bertz CT molecular complexity index is 364. The van der Waals surface area contributed by atoms with E-state index in [9.17, 15) is 4.79 Å². The zero-order chi connectivity index (χ0) is 11.4. The Labute approximate surface area is 103 Å². The number of halogens is 2. The van der Waals surface area contributed by atoms with Gasteiger partial charge in [-0.3, -0.25) is 4.79 Å². The highest BCUT2D eigenvalue weighted by Crippen LogP contribution is 2.23. The summed E-state index contributed by atoms with van der Waals surface area (Å²) in [6.07, 6.45) is 0. The Morgan fingerprint density at radius 3 is 2.73 bits per heavy atom. The SMILES string of the molecule is COc1cc(CBr)ccc1C(=O)C(C)Cl. The van der Waals surface area contributed by atoms with Gasteiger partial charge in [-0.15, -0.1) is 11.6 Å². The average molecular weight is 292 g/mol. The van der Waals surface area contributed by atoms with Crippen molar-refractivity contribution in [2.24, 2.45) is 0 Å². The quantitative estimate of drug-likeness (QED) is 0.628. The molecular formula is C11H12BrClO2. The first kappa shape index (κ1) is 12.5. The van der Waals surface area contributed by atoms with E-state index >= 15 is 0 Å². The molecular weight excluding hydrogens is 279 g/mol. The molecule has 0 heterocycles. The van der Waals surface area contributed by atoms with Gasteiger partial charge in [-0.25, -0.2) is 0 Å². The molecule has 1 rings (SSSR count). The van der Waals surface area contributed by atoms with E-state index < -0.39 is 5.38 Å². The third-order valence-corrected chi connectivity index (χ3v) is 2.89. The maximum absolute atomic E-state index is 11.7. The minimum Gasteiger partial charge on any atom is -0.496 e. The van der Waals surface area contributed by atoms with E-state index in [1.165, 1.54) is 0 Å². The predicted molar refractivity (Wildman–Crippen MR) is 65.3 cm³/mol. The van der Waals surface area contributed by atoms with E-state index in [1.807, 2.05) is 12.1 Å². The fraction of sp³-hybridized carbons (Fsp3) is 0.364. The van der Waals surface area contributed by atoms with Gasteiger partial charge in [0, 0.05) is 5.33 Å². The van der Waals surface area contributed by atoms with Gasteiger partial charge >= 0.3 is 0 Å². The van der Waals surface area contributed by atoms with Crippen LogP contribution >= 0.6 is 27.5 Å². The van der Waals surface area contributed by atoms with Crippen LogP contribution in [0.5, 0.6) is 5.75 Å². The number of hydrogen-bond acceptors (Lipinski definition) is 2. The number of methoxy groups -OCH3 is 1. The lowest BCUT2D eigenvalue weighted by molar-refractivity contribution is 0.0989. The fourth-order valence-corrected chi connectivity index (χ4v) is 1.70. The van der Waals surface area contributed by atoms with Crippen LogP contribution in [0.4, 0.5) is 0 Å². The van der Waals surface area contributed by atoms with Gasteiger partial charge in [0.05, 0.1) is 18.1 Å². The van der Waals surface area contributed by atoms with E-state index in [2.05, 4.69) is 15.9 Å². The summed E-state index contributed by atoms with van der Waals surface area (Å²) < 4.78 is 5.16. The van der Waals surface area contributed by atoms with Crippen LogP contribution in [0.2, 0.25) is 0 Å². The number of ketones is 1. The van der Waals surface area contributed by atoms with E-state index in [0.29, 0.717) is 11.3 Å². The molecule has 1 aromatic rings. The second-order valence-corrected chi connectivity index (χ2v) is 4.36. The lowest BCUT2D eigenvalue weighted by Gasteiger charge is -2.09. The van der Waals surface area contributed by atoms with Crippen molar-refractivity contribution >= 4 is 33.3 Å². The molecule has 0 aromatic heterocycles. The number of hydrogen-bond donors (Lipinski definition) is 0. The third kappa shape index (κ3) is 2.95. The molecule has 0 aliphatic rings. The smallest absolute Gasteiger partial charge is 0.184 e. The molecule has 0 spiro atoms. The average Bonchev–Trinajstić information content (AvgIpc) is 2.27. The Morgan fingerprint density at radius 2 is 2.27 bits per heavy atom. The molecule has 0 fully saturated rings. The molecule has 0 saturated carbocycles. The van der Waals surface area contributed by atoms with Gasteiger partial charge in [0.1, 0.15) is 5.75 Å². The number of benzene rings is 1. The first-order valence-electron chi connectivity index (χ1n) is 4.51. The van der Waals surface area contributed by atoms with Crippen molar-refractivity contribution in [3.63, 3.8) is 0 Å². The van der Waals surface area contributed by atoms with Crippen molar-refractivity contribution < 1.29 is 9.53 Å². The molecule has 0 aliphatic carbocycles. The second-order valence-electron chi connectivity index (χ2n) is 3.15. The maximum atomic E-state index is 11.7. The molecule has 0 N–H and O–H groups in total. The predicted octanol–water partition coefficient (Wildman–Crippen LogP) is 3.40. The second kappa shape index (κ2) is 5.52. The molecule has 0 amide bonds. The summed E-state index contributed by atoms with van der Waals surface area (Å²) in [4.78, 5) is 11.7. The van der Waals surface area contributed by atoms with Crippen molar-refractivity contribution in [2.75, 3.05) is 7.11 Å². The topological polar surface area (TPSA) is 26.3 Å². The standard InChI is InChI=1S/C11H12BrClO2/c1-7(13)11(14)9-4-3-8(6-12)5-10(9)15-2/h3-5,7H,6H2,1-2H3. The zero-order valence-electron chi connectivity index (χ0n) is 8.59. The Morgan fingerprint density at radius 1 is 1.60 bits per heavy atom. The summed E-state index contributed by atoms with van der Waals surface area (Å²) in [6.45, 7) is 1.65. The number of ether oxygens (including phenoxy) is 1. The van der Waals surface area contributed by atoms with Crippen LogP contribution in [0, 0.1) is 0 Å². The van der Waals surface area contributed by atoms with Crippen molar-refractivity contribution in [3.05, 3.63) is 29.3 Å². The molecule has 1 unspecified atom stereocenters. The molecule has 2 nitrogen and oxygen atoms in total. The number of carbonyl (C=O) groups is 1. The highest BCUT2D eigenvalue weighted by atomic mass is 79.9. The van der Waals surface area contributed by atoms with Gasteiger partial charge in [-0.2, -0.15) is 0 Å². The van der Waals surface area contributed by atoms with Crippen molar-refractivity contribution in [2.45, 2.75) is 17.6 Å². The zero-order valence-corrected chi connectivity index (χ0v) is 10.9. The fourth-order valence-electron chi connectivity index (χ4n) is 1.24. The van der Waals surface area contributed by atoms with Crippen LogP contribution < -0.4 is 4.74 Å². The van der Waals surface area contributed by atoms with Crippen LogP contribution in [0.3, 0.4) is 0 Å². The third-order valence-electron chi connectivity index (χ3n) is 2.05. The first-order chi connectivity index (χ1) is 7.10. The largest absolute Gasteiger partial charge is 0.496 e. The summed E-state index contributed by atoms with van der Waals surface area (Å²) in [5, 5.41) is 0.197. The number of Topliss-reactive ketones (excluding diaryl/α,β-unsaturated/α-hetero) is 1. The molecule has 1 atom stereocenters. The van der Waals surface area contributed by atoms with Crippen LogP contribution in [-0.2, 0) is 5.33 Å². The Balaban J connectivity index is 3.13. The monoisotopic (exact) mass is 290 g/mol. The van der Waals surface area contributed by atoms with Crippen LogP contribution in [0.15, 0.2) is 18.2 Å². The summed E-state index contributed by atoms with van der Waals surface area (Å²) in [5.74, 6) is 0.457. The minimum atomic E-state index is -0.534. The summed E-state index contributed by atoms with van der Waals surface area (Å²) in [6, 6.07) is 5.46. The molecule has 1 aromatic carbocycles. The summed E-state index contributed by atoms with van der Waals surface area (Å²) in [5.41, 5.74) is 1.59. The molecule has 15 heavy (non-hydrogen) atoms. The minimum absolute atomic E-state index is 0.116. The van der Waals surface area contributed by atoms with E-state index in [1.54, 1.807) is 20.1 Å². The van der Waals surface area contributed by atoms with Gasteiger partial charge in [-0.05, 0) is 24.6 Å². The van der Waals surface area contributed by atoms with Gasteiger partial charge in [0.15, 0.2) is 5.78 Å². The first-order valence-corrected chi connectivity index (χ1v) is 6.07. The van der Waals surface area contributed by atoms with Crippen LogP contribution in [0.1, 0.15) is 22.8 Å². The van der Waals surface area contributed by atoms with E-state index in [4.69, 9.17) is 16.3 Å². The van der Waals surface area contributed by atoms with Crippen molar-refractivity contribution in [3.8, 4) is 5.75 Å². The van der Waals surface area contributed by atoms with E-state index in [-0.39, 0.29) is 5.78 Å². The number of carbonyl (C=O) groups excluding carboxylic acids is 1. The molecule has 0 bridgehead atoms. The molecule has 0 aliphatic heterocycles. The Hall–Kier alpha value is -0.540. The molecule has 4 heteroatoms. The van der Waals surface area contributed by atoms with Gasteiger partial charge < -0.3 is 4.74 Å². The van der Waals surface area contributed by atoms with E-state index in [0.717, 1.165) is 10.9 Å². The Kier molecular flexibility index (Phi) is 4.61. The lowest BCUT2D eigenvalue weighted by Crippen LogP contribution is -2.12. The van der Waals surface area contributed by atoms with Crippen molar-refractivity contribution in [1.82, 2.24) is 0 Å². The van der Waals surface area contributed by atoms with Gasteiger partial charge in [0.25, 0.3) is 0 Å². The van der Waals surface area contributed by atoms with Gasteiger partial charge in [-0.1, -0.05) is 22.0 Å². The van der Waals surface area contributed by atoms with Crippen LogP contribution in [0.25, 0.3) is 0 Å². The molecule has 0 saturated heterocycles. The molecule has 82 valence electrons. The highest BCUT2D eigenvalue weighted by Gasteiger charge is 2.17. The summed E-state index contributed by atoms with van der Waals surface area (Å²) >= 11 is 9.10. The maximum Gasteiger partial charge on any atom is 0.184 e. The highest BCUT2D eigenvalue weighted by molar-refractivity contribution is 9.08. The summed E-state index contributed by atoms with van der Waals surface area (Å²) in [7, 11) is 1.54. The van der Waals surface area contributed by atoms with Crippen molar-refractivity contribution in [1.29, 1.82) is 0 Å². The number of alkyl halides is 2. The molecule has 0 radical (unpaired) electrons. The normalized spacial score (nSPS) is 12.3. The van der Waals surface area contributed by atoms with Gasteiger partial charge in [0.2, 0.25) is 0 Å².